The molecule has 29 heavy (non-hydrogen) atoms. The zero-order chi connectivity index (χ0) is 21.0. The van der Waals surface area contributed by atoms with Crippen molar-refractivity contribution in [3.8, 4) is 17.2 Å². The number of halogens is 1. The van der Waals surface area contributed by atoms with Gasteiger partial charge in [0, 0.05) is 5.56 Å². The third-order valence-electron chi connectivity index (χ3n) is 5.45. The number of ether oxygens (including phenoxy) is 3. The van der Waals surface area contributed by atoms with Gasteiger partial charge in [0.05, 0.1) is 33.3 Å². The van der Waals surface area contributed by atoms with Crippen LogP contribution < -0.4 is 14.2 Å². The van der Waals surface area contributed by atoms with Crippen LogP contribution in [0.2, 0.25) is 0 Å². The molecule has 1 fully saturated rings. The van der Waals surface area contributed by atoms with Crippen LogP contribution in [0.15, 0.2) is 36.4 Å². The summed E-state index contributed by atoms with van der Waals surface area (Å²) in [5.41, 5.74) is 1.31. The van der Waals surface area contributed by atoms with Gasteiger partial charge in [0.25, 0.3) is 0 Å². The zero-order valence-electron chi connectivity index (χ0n) is 16.9. The molecule has 1 aliphatic heterocycles. The summed E-state index contributed by atoms with van der Waals surface area (Å²) >= 11 is 0. The molecule has 0 aliphatic carbocycles. The third kappa shape index (κ3) is 4.29. The molecule has 0 saturated carbocycles. The highest BCUT2D eigenvalue weighted by Crippen LogP contribution is 2.43. The first-order valence-corrected chi connectivity index (χ1v) is 9.51. The monoisotopic (exact) mass is 403 g/mol. The first-order valence-electron chi connectivity index (χ1n) is 9.51. The first-order chi connectivity index (χ1) is 14.0. The van der Waals surface area contributed by atoms with Crippen LogP contribution in [0.25, 0.3) is 0 Å². The van der Waals surface area contributed by atoms with Gasteiger partial charge in [-0.05, 0) is 49.7 Å². The lowest BCUT2D eigenvalue weighted by molar-refractivity contribution is -0.143. The predicted octanol–water partition coefficient (Wildman–Crippen LogP) is 3.74. The van der Waals surface area contributed by atoms with Crippen LogP contribution in [0.4, 0.5) is 4.39 Å². The summed E-state index contributed by atoms with van der Waals surface area (Å²) < 4.78 is 31.1. The summed E-state index contributed by atoms with van der Waals surface area (Å²) in [5.74, 6) is -0.0122. The average molecular weight is 403 g/mol. The Morgan fingerprint density at radius 3 is 2.14 bits per heavy atom. The van der Waals surface area contributed by atoms with Crippen molar-refractivity contribution in [3.63, 3.8) is 0 Å². The SMILES string of the molecule is COc1cc(C(c2ccccc2F)N2CCC(C(=O)O)CC2)cc(OC)c1OC. The fourth-order valence-corrected chi connectivity index (χ4v) is 3.95. The van der Waals surface area contributed by atoms with Gasteiger partial charge in [-0.1, -0.05) is 18.2 Å². The van der Waals surface area contributed by atoms with Gasteiger partial charge in [0.1, 0.15) is 5.82 Å². The Morgan fingerprint density at radius 2 is 1.66 bits per heavy atom. The largest absolute Gasteiger partial charge is 0.493 e. The van der Waals surface area contributed by atoms with E-state index in [9.17, 15) is 14.3 Å². The fraction of sp³-hybridized carbons (Fsp3) is 0.409. The highest BCUT2D eigenvalue weighted by Gasteiger charge is 2.32. The predicted molar refractivity (Wildman–Crippen MR) is 106 cm³/mol. The summed E-state index contributed by atoms with van der Waals surface area (Å²) in [5, 5.41) is 9.31. The van der Waals surface area contributed by atoms with E-state index in [1.54, 1.807) is 18.2 Å². The molecule has 1 atom stereocenters. The Labute approximate surface area is 169 Å². The number of likely N-dealkylation sites (tertiary alicyclic amines) is 1. The van der Waals surface area contributed by atoms with E-state index in [4.69, 9.17) is 14.2 Å². The van der Waals surface area contributed by atoms with Crippen molar-refractivity contribution in [2.24, 2.45) is 5.92 Å². The van der Waals surface area contributed by atoms with Crippen molar-refractivity contribution in [1.29, 1.82) is 0 Å². The van der Waals surface area contributed by atoms with Crippen LogP contribution >= 0.6 is 0 Å². The number of nitrogens with zero attached hydrogens (tertiary/aromatic N) is 1. The number of methoxy groups -OCH3 is 3. The van der Waals surface area contributed by atoms with Crippen molar-refractivity contribution in [2.45, 2.75) is 18.9 Å². The van der Waals surface area contributed by atoms with E-state index in [0.717, 1.165) is 5.56 Å². The Hall–Kier alpha value is -2.80. The van der Waals surface area contributed by atoms with Gasteiger partial charge in [0.2, 0.25) is 5.75 Å². The van der Waals surface area contributed by atoms with Gasteiger partial charge >= 0.3 is 5.97 Å². The quantitative estimate of drug-likeness (QED) is 0.760. The van der Waals surface area contributed by atoms with E-state index in [1.807, 2.05) is 12.1 Å². The number of carboxylic acid groups (broad SMARTS) is 1. The molecule has 0 aromatic heterocycles. The van der Waals surface area contributed by atoms with Gasteiger partial charge in [-0.2, -0.15) is 0 Å². The second kappa shape index (κ2) is 9.13. The summed E-state index contributed by atoms with van der Waals surface area (Å²) in [6, 6.07) is 9.88. The molecule has 0 spiro atoms. The van der Waals surface area contributed by atoms with Gasteiger partial charge in [0.15, 0.2) is 11.5 Å². The second-order valence-corrected chi connectivity index (χ2v) is 7.03. The Bertz CT molecular complexity index is 839. The molecule has 3 rings (SSSR count). The average Bonchev–Trinajstić information content (AvgIpc) is 2.74. The Kier molecular flexibility index (Phi) is 6.59. The number of piperidine rings is 1. The highest BCUT2D eigenvalue weighted by atomic mass is 19.1. The Morgan fingerprint density at radius 1 is 1.07 bits per heavy atom. The molecule has 2 aromatic rings. The number of aliphatic carboxylic acids is 1. The van der Waals surface area contributed by atoms with Crippen LogP contribution in [0.3, 0.4) is 0 Å². The molecule has 7 heteroatoms. The number of rotatable bonds is 7. The maximum absolute atomic E-state index is 14.8. The lowest BCUT2D eigenvalue weighted by Gasteiger charge is -2.37. The molecule has 1 saturated heterocycles. The van der Waals surface area contributed by atoms with Gasteiger partial charge in [-0.3, -0.25) is 9.69 Å². The van der Waals surface area contributed by atoms with Crippen molar-refractivity contribution in [3.05, 3.63) is 53.3 Å². The zero-order valence-corrected chi connectivity index (χ0v) is 16.9. The highest BCUT2D eigenvalue weighted by molar-refractivity contribution is 5.70. The lowest BCUT2D eigenvalue weighted by atomic mass is 9.91. The Balaban J connectivity index is 2.07. The van der Waals surface area contributed by atoms with Gasteiger partial charge in [-0.25, -0.2) is 4.39 Å². The maximum Gasteiger partial charge on any atom is 0.306 e. The van der Waals surface area contributed by atoms with Crippen molar-refractivity contribution < 1.29 is 28.5 Å². The summed E-state index contributed by atoms with van der Waals surface area (Å²) in [4.78, 5) is 13.4. The number of carboxylic acids is 1. The summed E-state index contributed by atoms with van der Waals surface area (Å²) in [7, 11) is 4.61. The first kappa shape index (κ1) is 20.9. The van der Waals surface area contributed by atoms with E-state index >= 15 is 0 Å². The van der Waals surface area contributed by atoms with Gasteiger partial charge in [-0.15, -0.1) is 0 Å². The number of benzene rings is 2. The minimum atomic E-state index is -0.778. The summed E-state index contributed by atoms with van der Waals surface area (Å²) in [6.45, 7) is 1.10. The van der Waals surface area contributed by atoms with Crippen LogP contribution in [0.5, 0.6) is 17.2 Å². The fourth-order valence-electron chi connectivity index (χ4n) is 3.95. The van der Waals surface area contributed by atoms with Crippen LogP contribution in [0, 0.1) is 11.7 Å². The van der Waals surface area contributed by atoms with E-state index < -0.39 is 12.0 Å². The number of hydrogen-bond acceptors (Lipinski definition) is 5. The third-order valence-corrected chi connectivity index (χ3v) is 5.45. The molecular formula is C22H26FNO5. The van der Waals surface area contributed by atoms with E-state index in [0.29, 0.717) is 48.7 Å². The molecule has 0 radical (unpaired) electrons. The molecule has 1 unspecified atom stereocenters. The molecule has 1 heterocycles. The van der Waals surface area contributed by atoms with Crippen LogP contribution in [-0.4, -0.2) is 50.4 Å². The molecule has 0 amide bonds. The molecule has 2 aromatic carbocycles. The maximum atomic E-state index is 14.8. The van der Waals surface area contributed by atoms with Crippen LogP contribution in [0.1, 0.15) is 30.0 Å². The molecule has 156 valence electrons. The molecular weight excluding hydrogens is 377 g/mol. The molecule has 0 bridgehead atoms. The lowest BCUT2D eigenvalue weighted by Crippen LogP contribution is -2.39. The van der Waals surface area contributed by atoms with Crippen molar-refractivity contribution in [1.82, 2.24) is 4.90 Å². The topological polar surface area (TPSA) is 68.2 Å². The molecule has 1 aliphatic rings. The molecule has 1 N–H and O–H groups in total. The van der Waals surface area contributed by atoms with Crippen LogP contribution in [-0.2, 0) is 4.79 Å². The minimum absolute atomic E-state index is 0.313. The van der Waals surface area contributed by atoms with Crippen molar-refractivity contribution in [2.75, 3.05) is 34.4 Å². The smallest absolute Gasteiger partial charge is 0.306 e. The molecule has 6 nitrogen and oxygen atoms in total. The summed E-state index contributed by atoms with van der Waals surface area (Å²) in [6.07, 6.45) is 1.04. The standard InChI is InChI=1S/C22H26FNO5/c1-27-18-12-15(13-19(28-2)21(18)29-3)20(16-6-4-5-7-17(16)23)24-10-8-14(9-11-24)22(25)26/h4-7,12-14,20H,8-11H2,1-3H3,(H,25,26). The van der Waals surface area contributed by atoms with Gasteiger partial charge < -0.3 is 19.3 Å². The van der Waals surface area contributed by atoms with E-state index in [-0.39, 0.29) is 11.7 Å². The number of hydrogen-bond donors (Lipinski definition) is 1. The van der Waals surface area contributed by atoms with Crippen molar-refractivity contribution >= 4 is 5.97 Å². The minimum Gasteiger partial charge on any atom is -0.493 e. The van der Waals surface area contributed by atoms with E-state index in [1.165, 1.54) is 27.4 Å². The normalized spacial score (nSPS) is 16.3. The van der Waals surface area contributed by atoms with E-state index in [2.05, 4.69) is 4.90 Å². The second-order valence-electron chi connectivity index (χ2n) is 7.03. The number of carbonyl (C=O) groups is 1.